The van der Waals surface area contributed by atoms with E-state index >= 15 is 0 Å². The number of nitrogens with one attached hydrogen (secondary N) is 1. The van der Waals surface area contributed by atoms with Crippen LogP contribution < -0.4 is 19.7 Å². The molecule has 1 heterocycles. The molecule has 0 bridgehead atoms. The second-order valence-corrected chi connectivity index (χ2v) is 5.20. The fraction of sp³-hybridized carbons (Fsp3) is 0.176. The Bertz CT molecular complexity index is 794. The highest BCUT2D eigenvalue weighted by Crippen LogP contribution is 2.35. The van der Waals surface area contributed by atoms with Crippen molar-refractivity contribution in [3.8, 4) is 11.5 Å². The van der Waals surface area contributed by atoms with Crippen LogP contribution in [0.15, 0.2) is 42.5 Å². The van der Waals surface area contributed by atoms with E-state index in [0.29, 0.717) is 22.9 Å². The number of nitrogens with zero attached hydrogens (tertiary/aromatic N) is 1. The predicted octanol–water partition coefficient (Wildman–Crippen LogP) is 2.55. The van der Waals surface area contributed by atoms with Crippen molar-refractivity contribution in [2.45, 2.75) is 6.92 Å². The lowest BCUT2D eigenvalue weighted by Crippen LogP contribution is -2.36. The molecule has 0 spiro atoms. The first-order valence-electron chi connectivity index (χ1n) is 7.26. The van der Waals surface area contributed by atoms with E-state index in [2.05, 4.69) is 5.32 Å². The molecule has 0 radical (unpaired) electrons. The minimum atomic E-state index is -0.452. The maximum atomic E-state index is 13.2. The molecular formula is C17H15FN2O4. The smallest absolute Gasteiger partial charge is 0.244 e. The molecular weight excluding hydrogens is 315 g/mol. The van der Waals surface area contributed by atoms with E-state index in [1.165, 1.54) is 30.0 Å². The van der Waals surface area contributed by atoms with Crippen LogP contribution in [0, 0.1) is 5.82 Å². The summed E-state index contributed by atoms with van der Waals surface area (Å²) in [4.78, 5) is 25.4. The number of hydrogen-bond donors (Lipinski definition) is 1. The Labute approximate surface area is 137 Å². The number of carbonyl (C=O) groups is 2. The fourth-order valence-corrected chi connectivity index (χ4v) is 2.35. The highest BCUT2D eigenvalue weighted by Gasteiger charge is 2.20. The number of halogens is 1. The van der Waals surface area contributed by atoms with E-state index in [-0.39, 0.29) is 19.2 Å². The molecule has 3 rings (SSSR count). The Hall–Kier alpha value is -3.09. The second kappa shape index (κ2) is 6.57. The molecule has 1 N–H and O–H groups in total. The molecule has 0 saturated heterocycles. The number of anilines is 2. The fourth-order valence-electron chi connectivity index (χ4n) is 2.35. The summed E-state index contributed by atoms with van der Waals surface area (Å²) in [5, 5.41) is 2.56. The number of amides is 2. The summed E-state index contributed by atoms with van der Waals surface area (Å²) in [6.45, 7) is 1.28. The van der Waals surface area contributed by atoms with Gasteiger partial charge in [0.25, 0.3) is 0 Å². The number of benzene rings is 2. The zero-order valence-corrected chi connectivity index (χ0v) is 12.9. The third-order valence-electron chi connectivity index (χ3n) is 3.46. The molecule has 124 valence electrons. The van der Waals surface area contributed by atoms with Crippen LogP contribution in [0.5, 0.6) is 11.5 Å². The van der Waals surface area contributed by atoms with Crippen molar-refractivity contribution in [1.82, 2.24) is 0 Å². The lowest BCUT2D eigenvalue weighted by atomic mass is 10.2. The molecule has 1 aliphatic heterocycles. The summed E-state index contributed by atoms with van der Waals surface area (Å²) in [6, 6.07) is 10.5. The molecule has 2 aromatic rings. The van der Waals surface area contributed by atoms with Crippen LogP contribution in [0.2, 0.25) is 0 Å². The molecule has 0 aromatic heterocycles. The minimum Gasteiger partial charge on any atom is -0.454 e. The van der Waals surface area contributed by atoms with Gasteiger partial charge < -0.3 is 19.7 Å². The molecule has 0 fully saturated rings. The molecule has 24 heavy (non-hydrogen) atoms. The Kier molecular flexibility index (Phi) is 4.33. The Morgan fingerprint density at radius 1 is 1.17 bits per heavy atom. The predicted molar refractivity (Wildman–Crippen MR) is 85.6 cm³/mol. The average Bonchev–Trinajstić information content (AvgIpc) is 2.99. The van der Waals surface area contributed by atoms with Crippen LogP contribution in [0.1, 0.15) is 6.92 Å². The van der Waals surface area contributed by atoms with Crippen molar-refractivity contribution in [1.29, 1.82) is 0 Å². The zero-order valence-electron chi connectivity index (χ0n) is 12.9. The summed E-state index contributed by atoms with van der Waals surface area (Å²) in [6.07, 6.45) is 0. The van der Waals surface area contributed by atoms with Crippen LogP contribution in [0.3, 0.4) is 0 Å². The first-order valence-corrected chi connectivity index (χ1v) is 7.26. The maximum absolute atomic E-state index is 13.2. The van der Waals surface area contributed by atoms with Crippen LogP contribution >= 0.6 is 0 Å². The van der Waals surface area contributed by atoms with Gasteiger partial charge in [0.15, 0.2) is 11.5 Å². The standard InChI is InChI=1S/C17H15FN2O4/c1-11(21)20(14-5-6-15-16(8-14)24-10-23-15)9-17(22)19-13-4-2-3-12(18)7-13/h2-8H,9-10H2,1H3,(H,19,22). The quantitative estimate of drug-likeness (QED) is 0.935. The largest absolute Gasteiger partial charge is 0.454 e. The molecule has 0 atom stereocenters. The number of hydrogen-bond acceptors (Lipinski definition) is 4. The van der Waals surface area contributed by atoms with Gasteiger partial charge in [-0.15, -0.1) is 0 Å². The molecule has 1 aliphatic rings. The summed E-state index contributed by atoms with van der Waals surface area (Å²) < 4.78 is 23.7. The minimum absolute atomic E-state index is 0.124. The summed E-state index contributed by atoms with van der Waals surface area (Å²) in [5.41, 5.74) is 0.843. The Morgan fingerprint density at radius 3 is 2.71 bits per heavy atom. The second-order valence-electron chi connectivity index (χ2n) is 5.20. The van der Waals surface area contributed by atoms with Gasteiger partial charge in [0.05, 0.1) is 0 Å². The van der Waals surface area contributed by atoms with Gasteiger partial charge in [0.1, 0.15) is 12.4 Å². The van der Waals surface area contributed by atoms with Crippen LogP contribution in [-0.2, 0) is 9.59 Å². The number of ether oxygens (including phenoxy) is 2. The molecule has 2 amide bonds. The molecule has 7 heteroatoms. The first-order chi connectivity index (χ1) is 11.5. The summed E-state index contributed by atoms with van der Waals surface area (Å²) >= 11 is 0. The summed E-state index contributed by atoms with van der Waals surface area (Å²) in [7, 11) is 0. The van der Waals surface area contributed by atoms with E-state index in [1.54, 1.807) is 24.3 Å². The van der Waals surface area contributed by atoms with Crippen LogP contribution in [0.25, 0.3) is 0 Å². The number of carbonyl (C=O) groups excluding carboxylic acids is 2. The Morgan fingerprint density at radius 2 is 1.96 bits per heavy atom. The van der Waals surface area contributed by atoms with Crippen LogP contribution in [0.4, 0.5) is 15.8 Å². The average molecular weight is 330 g/mol. The van der Waals surface area contributed by atoms with Gasteiger partial charge in [-0.2, -0.15) is 0 Å². The van der Waals surface area contributed by atoms with Gasteiger partial charge in [-0.25, -0.2) is 4.39 Å². The van der Waals surface area contributed by atoms with Crippen molar-refractivity contribution in [3.63, 3.8) is 0 Å². The van der Waals surface area contributed by atoms with E-state index in [1.807, 2.05) is 0 Å². The monoisotopic (exact) mass is 330 g/mol. The van der Waals surface area contributed by atoms with Gasteiger partial charge in [0.2, 0.25) is 18.6 Å². The van der Waals surface area contributed by atoms with E-state index in [0.717, 1.165) is 0 Å². The third-order valence-corrected chi connectivity index (χ3v) is 3.46. The Balaban J connectivity index is 1.74. The van der Waals surface area contributed by atoms with E-state index < -0.39 is 11.7 Å². The van der Waals surface area contributed by atoms with Crippen molar-refractivity contribution in [2.24, 2.45) is 0 Å². The van der Waals surface area contributed by atoms with E-state index in [9.17, 15) is 14.0 Å². The van der Waals surface area contributed by atoms with E-state index in [4.69, 9.17) is 9.47 Å². The molecule has 0 saturated carbocycles. The topological polar surface area (TPSA) is 67.9 Å². The third kappa shape index (κ3) is 3.45. The molecule has 6 nitrogen and oxygen atoms in total. The normalized spacial score (nSPS) is 11.9. The van der Waals surface area contributed by atoms with Crippen LogP contribution in [-0.4, -0.2) is 25.2 Å². The molecule has 2 aromatic carbocycles. The van der Waals surface area contributed by atoms with Gasteiger partial charge in [-0.1, -0.05) is 6.07 Å². The highest BCUT2D eigenvalue weighted by molar-refractivity contribution is 6.01. The lowest BCUT2D eigenvalue weighted by molar-refractivity contribution is -0.120. The zero-order chi connectivity index (χ0) is 17.1. The number of fused-ring (bicyclic) bond motifs is 1. The van der Waals surface area contributed by atoms with Gasteiger partial charge in [-0.05, 0) is 30.3 Å². The van der Waals surface area contributed by atoms with Crippen molar-refractivity contribution in [2.75, 3.05) is 23.6 Å². The van der Waals surface area contributed by atoms with Gasteiger partial charge in [-0.3, -0.25) is 9.59 Å². The van der Waals surface area contributed by atoms with Crippen molar-refractivity contribution < 1.29 is 23.5 Å². The van der Waals surface area contributed by atoms with Gasteiger partial charge >= 0.3 is 0 Å². The number of rotatable bonds is 4. The summed E-state index contributed by atoms with van der Waals surface area (Å²) in [5.74, 6) is -0.0838. The van der Waals surface area contributed by atoms with Gasteiger partial charge in [0, 0.05) is 24.4 Å². The maximum Gasteiger partial charge on any atom is 0.244 e. The van der Waals surface area contributed by atoms with Crippen molar-refractivity contribution >= 4 is 23.2 Å². The molecule has 0 unspecified atom stereocenters. The lowest BCUT2D eigenvalue weighted by Gasteiger charge is -2.21. The highest BCUT2D eigenvalue weighted by atomic mass is 19.1. The molecule has 0 aliphatic carbocycles. The van der Waals surface area contributed by atoms with Crippen molar-refractivity contribution in [3.05, 3.63) is 48.3 Å². The SMILES string of the molecule is CC(=O)N(CC(=O)Nc1cccc(F)c1)c1ccc2c(c1)OCO2. The first kappa shape index (κ1) is 15.8.